The molecule has 100 valence electrons. The maximum absolute atomic E-state index is 10.8. The Balaban J connectivity index is 2.82. The first-order chi connectivity index (χ1) is 8.20. The monoisotopic (exact) mass is 272 g/mol. The molecule has 0 aliphatic carbocycles. The van der Waals surface area contributed by atoms with E-state index in [1.165, 1.54) is 6.07 Å². The van der Waals surface area contributed by atoms with Crippen molar-refractivity contribution in [1.29, 1.82) is 0 Å². The molecule has 7 heteroatoms. The third kappa shape index (κ3) is 4.08. The number of carboxylic acid groups (broad SMARTS) is 1. The first-order valence-corrected chi connectivity index (χ1v) is 6.27. The van der Waals surface area contributed by atoms with Crippen LogP contribution in [0.5, 0.6) is 0 Å². The molecule has 0 bridgehead atoms. The van der Waals surface area contributed by atoms with Crippen molar-refractivity contribution < 1.29 is 14.8 Å². The molecule has 0 radical (unpaired) electrons. The van der Waals surface area contributed by atoms with E-state index in [0.29, 0.717) is 6.54 Å². The maximum atomic E-state index is 10.8. The Kier molecular flexibility index (Phi) is 4.42. The second kappa shape index (κ2) is 5.45. The van der Waals surface area contributed by atoms with Gasteiger partial charge in [0.05, 0.1) is 11.5 Å². The number of carbonyl (C=O) groups is 1. The van der Waals surface area contributed by atoms with Gasteiger partial charge in [-0.2, -0.15) is 0 Å². The summed E-state index contributed by atoms with van der Waals surface area (Å²) >= 11 is 1.06. The van der Waals surface area contributed by atoms with Crippen LogP contribution >= 0.6 is 11.3 Å². The normalized spacial score (nSPS) is 11.8. The minimum atomic E-state index is -0.908. The van der Waals surface area contributed by atoms with Gasteiger partial charge in [0.2, 0.25) is 0 Å². The molecule has 0 aromatic carbocycles. The van der Waals surface area contributed by atoms with Crippen molar-refractivity contribution >= 4 is 22.3 Å². The molecular formula is C11H16N2O4S. The Morgan fingerprint density at radius 2 is 2.17 bits per heavy atom. The van der Waals surface area contributed by atoms with Gasteiger partial charge in [-0.1, -0.05) is 11.3 Å². The van der Waals surface area contributed by atoms with Gasteiger partial charge in [0.25, 0.3) is 0 Å². The van der Waals surface area contributed by atoms with Crippen LogP contribution in [0.25, 0.3) is 0 Å². The number of carboxylic acids is 1. The average Bonchev–Trinajstić information content (AvgIpc) is 2.63. The molecule has 1 N–H and O–H groups in total. The molecule has 6 nitrogen and oxygen atoms in total. The number of hydrogen-bond acceptors (Lipinski definition) is 5. The van der Waals surface area contributed by atoms with Gasteiger partial charge < -0.3 is 5.11 Å². The Morgan fingerprint density at radius 3 is 2.56 bits per heavy atom. The van der Waals surface area contributed by atoms with Crippen LogP contribution in [-0.4, -0.2) is 33.0 Å². The molecule has 0 unspecified atom stereocenters. The summed E-state index contributed by atoms with van der Waals surface area (Å²) in [4.78, 5) is 22.7. The number of nitro groups is 1. The standard InChI is InChI=1S/C11H16N2O4S/c1-11(2,3)12(6-10(14)15)5-8-4-9(13(16)17)18-7-8/h4,7H,5-6H2,1-3H3,(H,14,15). The van der Waals surface area contributed by atoms with E-state index in [1.54, 1.807) is 10.3 Å². The van der Waals surface area contributed by atoms with Crippen molar-refractivity contribution in [2.24, 2.45) is 0 Å². The highest BCUT2D eigenvalue weighted by molar-refractivity contribution is 7.13. The minimum Gasteiger partial charge on any atom is -0.480 e. The molecule has 0 atom stereocenters. The minimum absolute atomic E-state index is 0.0779. The quantitative estimate of drug-likeness (QED) is 0.657. The Morgan fingerprint density at radius 1 is 1.56 bits per heavy atom. The molecule has 0 amide bonds. The number of thiophene rings is 1. The van der Waals surface area contributed by atoms with Crippen LogP contribution < -0.4 is 0 Å². The van der Waals surface area contributed by atoms with Crippen LogP contribution in [-0.2, 0) is 11.3 Å². The number of hydrogen-bond donors (Lipinski definition) is 1. The molecule has 1 aromatic heterocycles. The number of aliphatic carboxylic acids is 1. The third-order valence-electron chi connectivity index (χ3n) is 2.47. The first kappa shape index (κ1) is 14.6. The van der Waals surface area contributed by atoms with E-state index in [2.05, 4.69) is 0 Å². The van der Waals surface area contributed by atoms with Crippen LogP contribution in [0, 0.1) is 10.1 Å². The van der Waals surface area contributed by atoms with Gasteiger partial charge in [0.1, 0.15) is 0 Å². The lowest BCUT2D eigenvalue weighted by Gasteiger charge is -2.34. The van der Waals surface area contributed by atoms with E-state index in [1.807, 2.05) is 20.8 Å². The van der Waals surface area contributed by atoms with Crippen LogP contribution in [0.1, 0.15) is 26.3 Å². The topological polar surface area (TPSA) is 83.7 Å². The fraction of sp³-hybridized carbons (Fsp3) is 0.545. The summed E-state index contributed by atoms with van der Waals surface area (Å²) in [5.74, 6) is -0.908. The lowest BCUT2D eigenvalue weighted by Crippen LogP contribution is -2.43. The Labute approximate surface area is 109 Å². The zero-order chi connectivity index (χ0) is 13.9. The zero-order valence-corrected chi connectivity index (χ0v) is 11.4. The van der Waals surface area contributed by atoms with Crippen molar-refractivity contribution in [2.75, 3.05) is 6.54 Å². The second-order valence-electron chi connectivity index (χ2n) is 4.97. The first-order valence-electron chi connectivity index (χ1n) is 5.39. The van der Waals surface area contributed by atoms with Gasteiger partial charge in [0.15, 0.2) is 0 Å². The molecule has 0 saturated heterocycles. The Hall–Kier alpha value is -1.47. The summed E-state index contributed by atoms with van der Waals surface area (Å²) in [6, 6.07) is 1.49. The van der Waals surface area contributed by atoms with Crippen LogP contribution in [0.15, 0.2) is 11.4 Å². The Bertz CT molecular complexity index is 450. The van der Waals surface area contributed by atoms with E-state index in [9.17, 15) is 14.9 Å². The van der Waals surface area contributed by atoms with Crippen LogP contribution in [0.3, 0.4) is 0 Å². The summed E-state index contributed by atoms with van der Waals surface area (Å²) in [5.41, 5.74) is 0.456. The lowest BCUT2D eigenvalue weighted by atomic mass is 10.1. The van der Waals surface area contributed by atoms with E-state index in [0.717, 1.165) is 16.9 Å². The van der Waals surface area contributed by atoms with Crippen LogP contribution in [0.4, 0.5) is 5.00 Å². The van der Waals surface area contributed by atoms with E-state index in [4.69, 9.17) is 5.11 Å². The SMILES string of the molecule is CC(C)(C)N(CC(=O)O)Cc1csc([N+](=O)[O-])c1. The molecule has 0 aliphatic rings. The molecule has 18 heavy (non-hydrogen) atoms. The smallest absolute Gasteiger partial charge is 0.324 e. The molecule has 1 rings (SSSR count). The maximum Gasteiger partial charge on any atom is 0.324 e. The third-order valence-corrected chi connectivity index (χ3v) is 3.40. The fourth-order valence-electron chi connectivity index (χ4n) is 1.46. The highest BCUT2D eigenvalue weighted by atomic mass is 32.1. The predicted molar refractivity (Wildman–Crippen MR) is 68.8 cm³/mol. The largest absolute Gasteiger partial charge is 0.480 e. The zero-order valence-electron chi connectivity index (χ0n) is 10.5. The summed E-state index contributed by atoms with van der Waals surface area (Å²) in [5, 5.41) is 21.2. The van der Waals surface area contributed by atoms with Gasteiger partial charge in [-0.15, -0.1) is 0 Å². The molecule has 1 heterocycles. The van der Waals surface area contributed by atoms with Crippen molar-refractivity contribution in [3.05, 3.63) is 27.1 Å². The molecule has 1 aromatic rings. The summed E-state index contributed by atoms with van der Waals surface area (Å²) in [7, 11) is 0. The van der Waals surface area contributed by atoms with Gasteiger partial charge in [-0.25, -0.2) is 0 Å². The number of rotatable bonds is 5. The van der Waals surface area contributed by atoms with Gasteiger partial charge in [-0.05, 0) is 26.3 Å². The average molecular weight is 272 g/mol. The lowest BCUT2D eigenvalue weighted by molar-refractivity contribution is -0.380. The summed E-state index contributed by atoms with van der Waals surface area (Å²) < 4.78 is 0. The van der Waals surface area contributed by atoms with Gasteiger partial charge in [0, 0.05) is 23.5 Å². The van der Waals surface area contributed by atoms with Crippen molar-refractivity contribution in [3.63, 3.8) is 0 Å². The van der Waals surface area contributed by atoms with E-state index < -0.39 is 10.9 Å². The van der Waals surface area contributed by atoms with Gasteiger partial charge >= 0.3 is 11.0 Å². The molecule has 0 spiro atoms. The summed E-state index contributed by atoms with van der Waals surface area (Å²) in [6.45, 7) is 6.04. The van der Waals surface area contributed by atoms with Crippen molar-refractivity contribution in [3.8, 4) is 0 Å². The second-order valence-corrected chi connectivity index (χ2v) is 5.86. The van der Waals surface area contributed by atoms with Crippen LogP contribution in [0.2, 0.25) is 0 Å². The summed E-state index contributed by atoms with van der Waals surface area (Å²) in [6.07, 6.45) is 0. The number of nitrogens with zero attached hydrogens (tertiary/aromatic N) is 2. The predicted octanol–water partition coefficient (Wildman–Crippen LogP) is 2.34. The molecular weight excluding hydrogens is 256 g/mol. The highest BCUT2D eigenvalue weighted by Crippen LogP contribution is 2.25. The van der Waals surface area contributed by atoms with E-state index in [-0.39, 0.29) is 17.1 Å². The molecule has 0 saturated carbocycles. The van der Waals surface area contributed by atoms with E-state index >= 15 is 0 Å². The van der Waals surface area contributed by atoms with Crippen molar-refractivity contribution in [1.82, 2.24) is 4.90 Å². The highest BCUT2D eigenvalue weighted by Gasteiger charge is 2.24. The molecule has 0 fully saturated rings. The fourth-order valence-corrected chi connectivity index (χ4v) is 2.18. The van der Waals surface area contributed by atoms with Gasteiger partial charge in [-0.3, -0.25) is 19.8 Å². The van der Waals surface area contributed by atoms with Crippen molar-refractivity contribution in [2.45, 2.75) is 32.9 Å². The molecule has 0 aliphatic heterocycles.